The van der Waals surface area contributed by atoms with E-state index < -0.39 is 0 Å². The van der Waals surface area contributed by atoms with Crippen LogP contribution in [0.5, 0.6) is 0 Å². The molecule has 0 radical (unpaired) electrons. The predicted octanol–water partition coefficient (Wildman–Crippen LogP) is 3.53. The van der Waals surface area contributed by atoms with Crippen LogP contribution in [0.25, 0.3) is 10.8 Å². The number of benzene rings is 2. The first-order valence-corrected chi connectivity index (χ1v) is 5.62. The molecule has 2 aromatic carbocycles. The Kier molecular flexibility index (Phi) is 2.34. The Morgan fingerprint density at radius 2 is 1.76 bits per heavy atom. The van der Waals surface area contributed by atoms with Crippen LogP contribution < -0.4 is 0 Å². The molecule has 0 spiro atoms. The van der Waals surface area contributed by atoms with Crippen molar-refractivity contribution < 1.29 is 9.88 Å². The summed E-state index contributed by atoms with van der Waals surface area (Å²) in [4.78, 5) is 9.89. The monoisotopic (exact) mass is 227 g/mol. The van der Waals surface area contributed by atoms with E-state index in [1.807, 2.05) is 19.1 Å². The van der Waals surface area contributed by atoms with E-state index in [2.05, 4.69) is 36.3 Å². The molecule has 1 aliphatic rings. The predicted molar refractivity (Wildman–Crippen MR) is 66.7 cm³/mol. The van der Waals surface area contributed by atoms with E-state index in [9.17, 15) is 0 Å². The summed E-state index contributed by atoms with van der Waals surface area (Å²) in [6.07, 6.45) is -0.194. The highest BCUT2D eigenvalue weighted by atomic mass is 17.3. The second-order valence-electron chi connectivity index (χ2n) is 4.30. The standard InChI is InChI=1S/C14H13NO2/c1-9-7-8-13(14-10(2)15-17-16-14)12-6-4-3-5-11(9)12/h3-8,14H,1-2H3. The number of oxime groups is 1. The molecule has 17 heavy (non-hydrogen) atoms. The number of fused-ring (bicyclic) bond motifs is 1. The Balaban J connectivity index is 2.24. The van der Waals surface area contributed by atoms with Crippen LogP contribution in [0.15, 0.2) is 41.6 Å². The normalized spacial score (nSPS) is 19.2. The first-order valence-electron chi connectivity index (χ1n) is 5.62. The molecule has 0 aromatic heterocycles. The molecule has 0 bridgehead atoms. The smallest absolute Gasteiger partial charge is 0.174 e. The maximum Gasteiger partial charge on any atom is 0.174 e. The fourth-order valence-electron chi connectivity index (χ4n) is 2.22. The van der Waals surface area contributed by atoms with E-state index in [-0.39, 0.29) is 6.10 Å². The lowest BCUT2D eigenvalue weighted by Gasteiger charge is -2.12. The van der Waals surface area contributed by atoms with Crippen molar-refractivity contribution in [2.75, 3.05) is 0 Å². The molecule has 1 unspecified atom stereocenters. The lowest BCUT2D eigenvalue weighted by Crippen LogP contribution is -2.06. The lowest BCUT2D eigenvalue weighted by atomic mass is 9.95. The average molecular weight is 227 g/mol. The van der Waals surface area contributed by atoms with E-state index >= 15 is 0 Å². The van der Waals surface area contributed by atoms with Gasteiger partial charge in [0.05, 0.1) is 5.71 Å². The molecule has 1 heterocycles. The lowest BCUT2D eigenvalue weighted by molar-refractivity contribution is -0.293. The van der Waals surface area contributed by atoms with Crippen LogP contribution in [0.4, 0.5) is 0 Å². The quantitative estimate of drug-likeness (QED) is 0.698. The zero-order valence-electron chi connectivity index (χ0n) is 9.81. The summed E-state index contributed by atoms with van der Waals surface area (Å²) >= 11 is 0. The third kappa shape index (κ3) is 1.59. The topological polar surface area (TPSA) is 30.8 Å². The van der Waals surface area contributed by atoms with Crippen LogP contribution in [0.3, 0.4) is 0 Å². The van der Waals surface area contributed by atoms with Crippen LogP contribution >= 0.6 is 0 Å². The molecule has 0 N–H and O–H groups in total. The molecule has 1 atom stereocenters. The molecule has 0 amide bonds. The van der Waals surface area contributed by atoms with Crippen molar-refractivity contribution in [3.8, 4) is 0 Å². The van der Waals surface area contributed by atoms with Gasteiger partial charge in [0.25, 0.3) is 0 Å². The van der Waals surface area contributed by atoms with E-state index in [4.69, 9.17) is 9.88 Å². The van der Waals surface area contributed by atoms with Crippen molar-refractivity contribution in [2.24, 2.45) is 5.16 Å². The molecule has 0 saturated carbocycles. The molecule has 0 saturated heterocycles. The average Bonchev–Trinajstić information content (AvgIpc) is 2.77. The number of hydrogen-bond acceptors (Lipinski definition) is 3. The van der Waals surface area contributed by atoms with Gasteiger partial charge in [-0.15, -0.1) is 4.89 Å². The van der Waals surface area contributed by atoms with Crippen molar-refractivity contribution in [1.29, 1.82) is 0 Å². The van der Waals surface area contributed by atoms with Crippen molar-refractivity contribution >= 4 is 16.5 Å². The number of hydrogen-bond donors (Lipinski definition) is 0. The summed E-state index contributed by atoms with van der Waals surface area (Å²) in [5, 5.41) is 6.25. The van der Waals surface area contributed by atoms with Crippen LogP contribution in [0.1, 0.15) is 24.2 Å². The van der Waals surface area contributed by atoms with Crippen molar-refractivity contribution in [2.45, 2.75) is 20.0 Å². The second kappa shape index (κ2) is 3.86. The van der Waals surface area contributed by atoms with Crippen LogP contribution in [0.2, 0.25) is 0 Å². The first kappa shape index (κ1) is 10.3. The van der Waals surface area contributed by atoms with Crippen molar-refractivity contribution in [3.05, 3.63) is 47.5 Å². The number of nitrogens with zero attached hydrogens (tertiary/aromatic N) is 1. The molecule has 0 aliphatic carbocycles. The van der Waals surface area contributed by atoms with Crippen molar-refractivity contribution in [3.63, 3.8) is 0 Å². The van der Waals surface area contributed by atoms with Gasteiger partial charge in [-0.2, -0.15) is 0 Å². The van der Waals surface area contributed by atoms with Gasteiger partial charge >= 0.3 is 0 Å². The minimum Gasteiger partial charge on any atom is -0.220 e. The van der Waals surface area contributed by atoms with Gasteiger partial charge in [-0.25, -0.2) is 4.99 Å². The van der Waals surface area contributed by atoms with E-state index in [1.165, 1.54) is 16.3 Å². The fraction of sp³-hybridized carbons (Fsp3) is 0.214. The zero-order valence-corrected chi connectivity index (χ0v) is 9.81. The van der Waals surface area contributed by atoms with Crippen LogP contribution in [0, 0.1) is 6.92 Å². The van der Waals surface area contributed by atoms with E-state index in [1.54, 1.807) is 0 Å². The summed E-state index contributed by atoms with van der Waals surface area (Å²) in [7, 11) is 0. The van der Waals surface area contributed by atoms with E-state index in [0.29, 0.717) is 0 Å². The minimum absolute atomic E-state index is 0.194. The molecule has 0 fully saturated rings. The number of aryl methyl sites for hydroxylation is 1. The Bertz CT molecular complexity index is 604. The van der Waals surface area contributed by atoms with Gasteiger partial charge in [0, 0.05) is 0 Å². The molecule has 86 valence electrons. The summed E-state index contributed by atoms with van der Waals surface area (Å²) < 4.78 is 0. The number of rotatable bonds is 1. The zero-order chi connectivity index (χ0) is 11.8. The Morgan fingerprint density at radius 3 is 2.47 bits per heavy atom. The van der Waals surface area contributed by atoms with Gasteiger partial charge in [0.2, 0.25) is 0 Å². The van der Waals surface area contributed by atoms with Gasteiger partial charge < -0.3 is 0 Å². The summed E-state index contributed by atoms with van der Waals surface area (Å²) in [5.74, 6) is 0. The molecule has 1 aliphatic heterocycles. The van der Waals surface area contributed by atoms with Gasteiger partial charge in [0.15, 0.2) is 6.10 Å². The minimum atomic E-state index is -0.194. The largest absolute Gasteiger partial charge is 0.220 e. The molecular formula is C14H13NO2. The molecule has 3 rings (SSSR count). The molecule has 3 heteroatoms. The van der Waals surface area contributed by atoms with Gasteiger partial charge in [-0.3, -0.25) is 0 Å². The Hall–Kier alpha value is -1.87. The fourth-order valence-corrected chi connectivity index (χ4v) is 2.22. The second-order valence-corrected chi connectivity index (χ2v) is 4.30. The van der Waals surface area contributed by atoms with Gasteiger partial charge in [-0.05, 0) is 35.7 Å². The van der Waals surface area contributed by atoms with E-state index in [0.717, 1.165) is 11.3 Å². The highest BCUT2D eigenvalue weighted by Crippen LogP contribution is 2.32. The summed E-state index contributed by atoms with van der Waals surface area (Å²) in [5.41, 5.74) is 3.21. The Labute approximate surface area is 99.6 Å². The third-order valence-corrected chi connectivity index (χ3v) is 3.16. The maximum atomic E-state index is 5.20. The van der Waals surface area contributed by atoms with Crippen molar-refractivity contribution in [1.82, 2.24) is 0 Å². The molecule has 3 nitrogen and oxygen atoms in total. The summed E-state index contributed by atoms with van der Waals surface area (Å²) in [6, 6.07) is 12.5. The highest BCUT2D eigenvalue weighted by molar-refractivity contribution is 5.95. The molecule has 2 aromatic rings. The SMILES string of the molecule is CC1=NOOC1c1ccc(C)c2ccccc12. The Morgan fingerprint density at radius 1 is 1.00 bits per heavy atom. The van der Waals surface area contributed by atoms with Crippen LogP contribution in [-0.2, 0) is 9.88 Å². The molecular weight excluding hydrogens is 214 g/mol. The first-order chi connectivity index (χ1) is 8.27. The third-order valence-electron chi connectivity index (χ3n) is 3.16. The van der Waals surface area contributed by atoms with Gasteiger partial charge in [-0.1, -0.05) is 41.6 Å². The van der Waals surface area contributed by atoms with Crippen LogP contribution in [-0.4, -0.2) is 5.71 Å². The maximum absolute atomic E-state index is 5.20. The highest BCUT2D eigenvalue weighted by Gasteiger charge is 2.25. The van der Waals surface area contributed by atoms with Gasteiger partial charge in [0.1, 0.15) is 0 Å². The summed E-state index contributed by atoms with van der Waals surface area (Å²) in [6.45, 7) is 4.02.